The lowest BCUT2D eigenvalue weighted by Crippen LogP contribution is -2.18. The molecule has 134 valence electrons. The van der Waals surface area contributed by atoms with E-state index < -0.39 is 0 Å². The molecule has 0 atom stereocenters. The fourth-order valence-electron chi connectivity index (χ4n) is 2.24. The van der Waals surface area contributed by atoms with Gasteiger partial charge in [0.25, 0.3) is 0 Å². The van der Waals surface area contributed by atoms with Crippen molar-refractivity contribution in [2.75, 3.05) is 10.6 Å². The van der Waals surface area contributed by atoms with Crippen LogP contribution >= 0.6 is 11.3 Å². The average Bonchev–Trinajstić information content (AvgIpc) is 3.38. The monoisotopic (exact) mass is 378 g/mol. The number of rotatable bonds is 5. The van der Waals surface area contributed by atoms with Crippen LogP contribution in [-0.2, 0) is 0 Å². The van der Waals surface area contributed by atoms with Crippen LogP contribution < -0.4 is 15.4 Å². The standard InChI is InChI=1S/C18H14N6O2S/c25-18(21-17-3-1-12-27-17)20-13-4-6-14(7-5-13)26-16-9-8-15(22-23-16)24-11-2-10-19-24/h1-12H,(H2,20,21,25). The third kappa shape index (κ3) is 4.28. The Balaban J connectivity index is 1.35. The zero-order valence-corrected chi connectivity index (χ0v) is 14.8. The molecule has 4 rings (SSSR count). The van der Waals surface area contributed by atoms with Crippen molar-refractivity contribution < 1.29 is 9.53 Å². The molecule has 3 heterocycles. The maximum absolute atomic E-state index is 11.9. The summed E-state index contributed by atoms with van der Waals surface area (Å²) in [5.74, 6) is 1.55. The molecule has 0 bridgehead atoms. The molecule has 0 saturated carbocycles. The fourth-order valence-corrected chi connectivity index (χ4v) is 2.86. The number of nitrogens with zero attached hydrogens (tertiary/aromatic N) is 4. The first kappa shape index (κ1) is 16.7. The number of hydrogen-bond acceptors (Lipinski definition) is 6. The molecule has 2 N–H and O–H groups in total. The number of urea groups is 1. The Hall–Kier alpha value is -3.72. The fraction of sp³-hybridized carbons (Fsp3) is 0. The molecule has 1 aromatic carbocycles. The first-order chi connectivity index (χ1) is 13.3. The molecule has 3 aromatic heterocycles. The Bertz CT molecular complexity index is 999. The minimum atomic E-state index is -0.300. The lowest BCUT2D eigenvalue weighted by Gasteiger charge is -2.08. The van der Waals surface area contributed by atoms with Gasteiger partial charge >= 0.3 is 6.03 Å². The topological polar surface area (TPSA) is 94.0 Å². The number of carbonyl (C=O) groups is 1. The molecule has 27 heavy (non-hydrogen) atoms. The van der Waals surface area contributed by atoms with Gasteiger partial charge in [-0.3, -0.25) is 5.32 Å². The van der Waals surface area contributed by atoms with E-state index in [0.29, 0.717) is 23.1 Å². The zero-order valence-electron chi connectivity index (χ0n) is 13.9. The van der Waals surface area contributed by atoms with Crippen LogP contribution in [0, 0.1) is 0 Å². The number of hydrogen-bond donors (Lipinski definition) is 2. The molecule has 0 aliphatic carbocycles. The van der Waals surface area contributed by atoms with Gasteiger partial charge in [-0.2, -0.15) is 5.10 Å². The molecular formula is C18H14N6O2S. The predicted octanol–water partition coefficient (Wildman–Crippen LogP) is 4.16. The van der Waals surface area contributed by atoms with E-state index in [1.54, 1.807) is 53.5 Å². The summed E-state index contributed by atoms with van der Waals surface area (Å²) in [5, 5.41) is 20.4. The SMILES string of the molecule is O=C(Nc1ccc(Oc2ccc(-n3cccn3)nn2)cc1)Nc1cccs1. The van der Waals surface area contributed by atoms with E-state index in [4.69, 9.17) is 4.74 Å². The minimum Gasteiger partial charge on any atom is -0.438 e. The second kappa shape index (κ2) is 7.67. The molecular weight excluding hydrogens is 364 g/mol. The predicted molar refractivity (Wildman–Crippen MR) is 103 cm³/mol. The number of benzene rings is 1. The van der Waals surface area contributed by atoms with Crippen molar-refractivity contribution in [2.24, 2.45) is 0 Å². The van der Waals surface area contributed by atoms with Gasteiger partial charge in [0, 0.05) is 24.1 Å². The Kier molecular flexibility index (Phi) is 4.75. The van der Waals surface area contributed by atoms with Crippen LogP contribution in [-0.4, -0.2) is 26.0 Å². The smallest absolute Gasteiger partial charge is 0.324 e. The lowest BCUT2D eigenvalue weighted by molar-refractivity contribution is 0.262. The van der Waals surface area contributed by atoms with Crippen LogP contribution in [0.25, 0.3) is 5.82 Å². The highest BCUT2D eigenvalue weighted by molar-refractivity contribution is 7.14. The third-order valence-electron chi connectivity index (χ3n) is 3.46. The lowest BCUT2D eigenvalue weighted by atomic mass is 10.3. The second-order valence-electron chi connectivity index (χ2n) is 5.36. The van der Waals surface area contributed by atoms with Crippen LogP contribution in [0.1, 0.15) is 0 Å². The summed E-state index contributed by atoms with van der Waals surface area (Å²) >= 11 is 1.46. The molecule has 9 heteroatoms. The molecule has 0 fully saturated rings. The summed E-state index contributed by atoms with van der Waals surface area (Å²) in [6.45, 7) is 0. The van der Waals surface area contributed by atoms with Gasteiger partial charge in [0.05, 0.1) is 5.00 Å². The van der Waals surface area contributed by atoms with Crippen molar-refractivity contribution in [1.82, 2.24) is 20.0 Å². The van der Waals surface area contributed by atoms with Gasteiger partial charge in [0.15, 0.2) is 5.82 Å². The molecule has 0 saturated heterocycles. The molecule has 0 unspecified atom stereocenters. The number of carbonyl (C=O) groups excluding carboxylic acids is 1. The first-order valence-electron chi connectivity index (χ1n) is 7.99. The highest BCUT2D eigenvalue weighted by Crippen LogP contribution is 2.22. The number of aromatic nitrogens is 4. The van der Waals surface area contributed by atoms with E-state index in [1.807, 2.05) is 23.6 Å². The molecule has 0 spiro atoms. The number of anilines is 2. The number of ether oxygens (including phenoxy) is 1. The van der Waals surface area contributed by atoms with Crippen LogP contribution in [0.15, 0.2) is 72.4 Å². The van der Waals surface area contributed by atoms with Gasteiger partial charge in [-0.1, -0.05) is 0 Å². The summed E-state index contributed by atoms with van der Waals surface area (Å²) in [6, 6.07) is 15.7. The summed E-state index contributed by atoms with van der Waals surface area (Å²) in [5.41, 5.74) is 0.650. The van der Waals surface area contributed by atoms with Crippen LogP contribution in [0.5, 0.6) is 11.6 Å². The number of amides is 2. The summed E-state index contributed by atoms with van der Waals surface area (Å²) in [4.78, 5) is 11.9. The van der Waals surface area contributed by atoms with Gasteiger partial charge in [-0.15, -0.1) is 21.5 Å². The van der Waals surface area contributed by atoms with Crippen LogP contribution in [0.3, 0.4) is 0 Å². The van der Waals surface area contributed by atoms with E-state index >= 15 is 0 Å². The summed E-state index contributed by atoms with van der Waals surface area (Å²) < 4.78 is 7.28. The quantitative estimate of drug-likeness (QED) is 0.544. The van der Waals surface area contributed by atoms with Crippen LogP contribution in [0.2, 0.25) is 0 Å². The van der Waals surface area contributed by atoms with Crippen molar-refractivity contribution in [1.29, 1.82) is 0 Å². The van der Waals surface area contributed by atoms with Crippen molar-refractivity contribution in [2.45, 2.75) is 0 Å². The minimum absolute atomic E-state index is 0.300. The highest BCUT2D eigenvalue weighted by atomic mass is 32.1. The molecule has 0 aliphatic heterocycles. The van der Waals surface area contributed by atoms with Crippen molar-refractivity contribution in [3.05, 3.63) is 72.4 Å². The van der Waals surface area contributed by atoms with Crippen molar-refractivity contribution in [3.8, 4) is 17.4 Å². The van der Waals surface area contributed by atoms with Crippen molar-refractivity contribution in [3.63, 3.8) is 0 Å². The Morgan fingerprint density at radius 2 is 1.89 bits per heavy atom. The Labute approximate surface area is 158 Å². The van der Waals surface area contributed by atoms with E-state index in [1.165, 1.54) is 11.3 Å². The molecule has 8 nitrogen and oxygen atoms in total. The Morgan fingerprint density at radius 3 is 2.56 bits per heavy atom. The first-order valence-corrected chi connectivity index (χ1v) is 8.87. The van der Waals surface area contributed by atoms with Gasteiger partial charge in [-0.25, -0.2) is 9.48 Å². The van der Waals surface area contributed by atoms with Gasteiger partial charge in [0.2, 0.25) is 5.88 Å². The maximum Gasteiger partial charge on any atom is 0.324 e. The second-order valence-corrected chi connectivity index (χ2v) is 6.31. The summed E-state index contributed by atoms with van der Waals surface area (Å²) in [6.07, 6.45) is 3.45. The maximum atomic E-state index is 11.9. The van der Waals surface area contributed by atoms with Crippen molar-refractivity contribution >= 4 is 28.1 Å². The average molecular weight is 378 g/mol. The molecule has 0 radical (unpaired) electrons. The highest BCUT2D eigenvalue weighted by Gasteiger charge is 2.05. The van der Waals surface area contributed by atoms with E-state index in [2.05, 4.69) is 25.9 Å². The van der Waals surface area contributed by atoms with E-state index in [0.717, 1.165) is 5.00 Å². The van der Waals surface area contributed by atoms with E-state index in [9.17, 15) is 4.79 Å². The Morgan fingerprint density at radius 1 is 1.00 bits per heavy atom. The summed E-state index contributed by atoms with van der Waals surface area (Å²) in [7, 11) is 0. The van der Waals surface area contributed by atoms with E-state index in [-0.39, 0.29) is 6.03 Å². The molecule has 2 amide bonds. The normalized spacial score (nSPS) is 10.4. The van der Waals surface area contributed by atoms with Crippen LogP contribution in [0.4, 0.5) is 15.5 Å². The number of thiophene rings is 1. The largest absolute Gasteiger partial charge is 0.438 e. The van der Waals surface area contributed by atoms with Gasteiger partial charge < -0.3 is 10.1 Å². The van der Waals surface area contributed by atoms with Gasteiger partial charge in [0.1, 0.15) is 5.75 Å². The molecule has 0 aliphatic rings. The zero-order chi connectivity index (χ0) is 18.5. The third-order valence-corrected chi connectivity index (χ3v) is 4.24. The van der Waals surface area contributed by atoms with Gasteiger partial charge in [-0.05, 0) is 53.9 Å². The molecule has 4 aromatic rings. The number of nitrogens with one attached hydrogen (secondary N) is 2.